The summed E-state index contributed by atoms with van der Waals surface area (Å²) < 4.78 is 13.2. The van der Waals surface area contributed by atoms with Crippen molar-refractivity contribution in [2.24, 2.45) is 0 Å². The van der Waals surface area contributed by atoms with Crippen LogP contribution in [0.5, 0.6) is 0 Å². The number of alkyl halides is 2. The maximum atomic E-state index is 12.1. The van der Waals surface area contributed by atoms with E-state index in [-0.39, 0.29) is 6.67 Å². The predicted molar refractivity (Wildman–Crippen MR) is 61.5 cm³/mol. The third-order valence-corrected chi connectivity index (χ3v) is 3.33. The lowest BCUT2D eigenvalue weighted by Gasteiger charge is -2.03. The first-order chi connectivity index (χ1) is 5.77. The first-order valence-corrected chi connectivity index (χ1v) is 5.87. The second-order valence-corrected chi connectivity index (χ2v) is 4.22. The summed E-state index contributed by atoms with van der Waals surface area (Å²) in [5.74, 6) is 0. The second kappa shape index (κ2) is 5.17. The van der Waals surface area contributed by atoms with Crippen LogP contribution in [0.15, 0.2) is 18.2 Å². The van der Waals surface area contributed by atoms with Crippen LogP contribution in [0.25, 0.3) is 0 Å². The molecule has 0 bridgehead atoms. The number of rotatable bonds is 3. The number of hydrogen-bond donors (Lipinski definition) is 0. The predicted octanol–water partition coefficient (Wildman–Crippen LogP) is 3.70. The highest BCUT2D eigenvalue weighted by Gasteiger charge is 2.00. The van der Waals surface area contributed by atoms with Crippen molar-refractivity contribution in [1.82, 2.24) is 0 Å². The smallest absolute Gasteiger partial charge is 0.0935 e. The van der Waals surface area contributed by atoms with E-state index in [1.54, 1.807) is 0 Å². The fourth-order valence-electron chi connectivity index (χ4n) is 1.00. The molecule has 0 saturated heterocycles. The van der Waals surface area contributed by atoms with Gasteiger partial charge in [-0.1, -0.05) is 28.1 Å². The molecular weight excluding hydrogens is 334 g/mol. The van der Waals surface area contributed by atoms with E-state index in [9.17, 15) is 4.39 Å². The molecule has 0 radical (unpaired) electrons. The van der Waals surface area contributed by atoms with Crippen molar-refractivity contribution in [3.05, 3.63) is 32.9 Å². The minimum Gasteiger partial charge on any atom is -0.251 e. The Morgan fingerprint density at radius 1 is 1.42 bits per heavy atom. The van der Waals surface area contributed by atoms with E-state index < -0.39 is 0 Å². The van der Waals surface area contributed by atoms with Gasteiger partial charge in [-0.3, -0.25) is 4.39 Å². The summed E-state index contributed by atoms with van der Waals surface area (Å²) in [6.07, 6.45) is 0.527. The quantitative estimate of drug-likeness (QED) is 0.580. The van der Waals surface area contributed by atoms with Crippen molar-refractivity contribution in [1.29, 1.82) is 0 Å². The van der Waals surface area contributed by atoms with Gasteiger partial charge in [0.1, 0.15) is 0 Å². The van der Waals surface area contributed by atoms with Crippen molar-refractivity contribution in [3.8, 4) is 0 Å². The Labute approximate surface area is 93.8 Å². The minimum atomic E-state index is -0.276. The van der Waals surface area contributed by atoms with Gasteiger partial charge in [0.05, 0.1) is 6.67 Å². The van der Waals surface area contributed by atoms with Gasteiger partial charge in [0, 0.05) is 15.3 Å². The van der Waals surface area contributed by atoms with E-state index >= 15 is 0 Å². The van der Waals surface area contributed by atoms with E-state index in [0.717, 1.165) is 14.5 Å². The zero-order valence-corrected chi connectivity index (χ0v) is 10.2. The Balaban J connectivity index is 2.91. The summed E-state index contributed by atoms with van der Waals surface area (Å²) in [7, 11) is 0. The molecule has 0 N–H and O–H groups in total. The van der Waals surface area contributed by atoms with Crippen molar-refractivity contribution in [2.45, 2.75) is 11.8 Å². The largest absolute Gasteiger partial charge is 0.251 e. The monoisotopic (exact) mass is 342 g/mol. The zero-order chi connectivity index (χ0) is 8.97. The number of benzene rings is 1. The molecule has 1 aromatic rings. The molecule has 3 heteroatoms. The topological polar surface area (TPSA) is 0 Å². The number of hydrogen-bond acceptors (Lipinski definition) is 0. The molecule has 0 atom stereocenters. The first-order valence-electron chi connectivity index (χ1n) is 3.67. The summed E-state index contributed by atoms with van der Waals surface area (Å²) in [4.78, 5) is 0. The highest BCUT2D eigenvalue weighted by atomic mass is 127. The summed E-state index contributed by atoms with van der Waals surface area (Å²) in [6.45, 7) is -0.276. The van der Waals surface area contributed by atoms with E-state index in [1.165, 1.54) is 5.56 Å². The second-order valence-electron chi connectivity index (χ2n) is 2.50. The Morgan fingerprint density at radius 3 is 2.75 bits per heavy atom. The Kier molecular flexibility index (Phi) is 4.50. The molecule has 0 aromatic heterocycles. The SMILES string of the molecule is FCCc1cc(CBr)ccc1I. The average Bonchev–Trinajstić information content (AvgIpc) is 2.09. The summed E-state index contributed by atoms with van der Waals surface area (Å²) in [5, 5.41) is 0.837. The summed E-state index contributed by atoms with van der Waals surface area (Å²) >= 11 is 5.61. The summed E-state index contributed by atoms with van der Waals surface area (Å²) in [6, 6.07) is 6.14. The van der Waals surface area contributed by atoms with Crippen LogP contribution >= 0.6 is 38.5 Å². The normalized spacial score (nSPS) is 10.2. The van der Waals surface area contributed by atoms with Crippen LogP contribution in [-0.4, -0.2) is 6.67 Å². The van der Waals surface area contributed by atoms with Crippen molar-refractivity contribution < 1.29 is 4.39 Å². The lowest BCUT2D eigenvalue weighted by atomic mass is 10.1. The molecule has 0 amide bonds. The molecule has 0 unspecified atom stereocenters. The van der Waals surface area contributed by atoms with Gasteiger partial charge >= 0.3 is 0 Å². The highest BCUT2D eigenvalue weighted by Crippen LogP contribution is 2.16. The molecule has 1 rings (SSSR count). The van der Waals surface area contributed by atoms with Crippen molar-refractivity contribution in [3.63, 3.8) is 0 Å². The molecule has 0 heterocycles. The van der Waals surface area contributed by atoms with Gasteiger partial charge in [-0.25, -0.2) is 0 Å². The molecule has 0 aliphatic heterocycles. The number of aryl methyl sites for hydroxylation is 1. The molecule has 1 aromatic carbocycles. The van der Waals surface area contributed by atoms with Crippen LogP contribution in [-0.2, 0) is 11.8 Å². The minimum absolute atomic E-state index is 0.276. The molecule has 0 fully saturated rings. The van der Waals surface area contributed by atoms with Crippen molar-refractivity contribution >= 4 is 38.5 Å². The van der Waals surface area contributed by atoms with Gasteiger partial charge in [-0.05, 0) is 39.8 Å². The average molecular weight is 343 g/mol. The zero-order valence-electron chi connectivity index (χ0n) is 6.49. The molecule has 12 heavy (non-hydrogen) atoms. The van der Waals surface area contributed by atoms with Gasteiger partial charge in [0.2, 0.25) is 0 Å². The molecular formula is C9H9BrFI. The van der Waals surface area contributed by atoms with Crippen LogP contribution in [0.2, 0.25) is 0 Å². The van der Waals surface area contributed by atoms with Crippen molar-refractivity contribution in [2.75, 3.05) is 6.67 Å². The molecule has 0 aliphatic rings. The lowest BCUT2D eigenvalue weighted by Crippen LogP contribution is -1.92. The first kappa shape index (κ1) is 10.4. The molecule has 66 valence electrons. The number of halogens is 3. The third-order valence-electron chi connectivity index (χ3n) is 1.63. The highest BCUT2D eigenvalue weighted by molar-refractivity contribution is 14.1. The molecule has 0 nitrogen and oxygen atoms in total. The standard InChI is InChI=1S/C9H9BrFI/c10-6-7-1-2-9(12)8(5-7)3-4-11/h1-2,5H,3-4,6H2. The Hall–Kier alpha value is 0.360. The fourth-order valence-corrected chi connectivity index (χ4v) is 1.96. The maximum Gasteiger partial charge on any atom is 0.0935 e. The van der Waals surface area contributed by atoms with Gasteiger partial charge in [0.15, 0.2) is 0 Å². The molecule has 0 saturated carbocycles. The van der Waals surface area contributed by atoms with E-state index in [2.05, 4.69) is 50.7 Å². The van der Waals surface area contributed by atoms with Gasteiger partial charge in [-0.15, -0.1) is 0 Å². The van der Waals surface area contributed by atoms with Crippen LogP contribution in [0.3, 0.4) is 0 Å². The molecule has 0 spiro atoms. The van der Waals surface area contributed by atoms with Gasteiger partial charge in [0.25, 0.3) is 0 Å². The maximum absolute atomic E-state index is 12.1. The van der Waals surface area contributed by atoms with Gasteiger partial charge < -0.3 is 0 Å². The Bertz CT molecular complexity index is 263. The van der Waals surface area contributed by atoms with E-state index in [0.29, 0.717) is 6.42 Å². The van der Waals surface area contributed by atoms with E-state index in [1.807, 2.05) is 6.07 Å². The lowest BCUT2D eigenvalue weighted by molar-refractivity contribution is 0.495. The van der Waals surface area contributed by atoms with Crippen LogP contribution in [0.4, 0.5) is 4.39 Å². The third kappa shape index (κ3) is 2.69. The van der Waals surface area contributed by atoms with Crippen LogP contribution < -0.4 is 0 Å². The summed E-state index contributed by atoms with van der Waals surface area (Å²) in [5.41, 5.74) is 2.31. The Morgan fingerprint density at radius 2 is 2.17 bits per heavy atom. The van der Waals surface area contributed by atoms with Crippen LogP contribution in [0.1, 0.15) is 11.1 Å². The molecule has 0 aliphatic carbocycles. The van der Waals surface area contributed by atoms with Crippen LogP contribution in [0, 0.1) is 3.57 Å². The van der Waals surface area contributed by atoms with Gasteiger partial charge in [-0.2, -0.15) is 0 Å². The fraction of sp³-hybridized carbons (Fsp3) is 0.333. The van der Waals surface area contributed by atoms with E-state index in [4.69, 9.17) is 0 Å².